The number of nitrogens with zero attached hydrogens (tertiary/aromatic N) is 1. The van der Waals surface area contributed by atoms with Crippen molar-refractivity contribution >= 4 is 17.9 Å². The molecule has 0 spiro atoms. The molecule has 0 aliphatic heterocycles. The van der Waals surface area contributed by atoms with Crippen LogP contribution in [0, 0.1) is 5.92 Å². The van der Waals surface area contributed by atoms with E-state index >= 15 is 0 Å². The molecule has 0 rings (SSSR count). The third-order valence-corrected chi connectivity index (χ3v) is 3.08. The van der Waals surface area contributed by atoms with Gasteiger partial charge in [-0.2, -0.15) is 0 Å². The molecule has 20 heavy (non-hydrogen) atoms. The molecule has 0 aromatic carbocycles. The van der Waals surface area contributed by atoms with Crippen LogP contribution in [0.3, 0.4) is 0 Å². The predicted molar refractivity (Wildman–Crippen MR) is 75.1 cm³/mol. The number of hydrogen-bond acceptors (Lipinski definition) is 3. The van der Waals surface area contributed by atoms with Crippen LogP contribution >= 0.6 is 0 Å². The lowest BCUT2D eigenvalue weighted by Crippen LogP contribution is -2.47. The molecule has 2 atom stereocenters. The van der Waals surface area contributed by atoms with Crippen molar-refractivity contribution in [1.82, 2.24) is 10.2 Å². The normalized spacial score (nSPS) is 13.3. The summed E-state index contributed by atoms with van der Waals surface area (Å²) < 4.78 is 0. The topological polar surface area (TPSA) is 113 Å². The van der Waals surface area contributed by atoms with Gasteiger partial charge in [0.15, 0.2) is 0 Å². The molecule has 0 saturated carbocycles. The lowest BCUT2D eigenvalue weighted by molar-refractivity contribution is -0.141. The van der Waals surface area contributed by atoms with Crippen molar-refractivity contribution in [3.63, 3.8) is 0 Å². The monoisotopic (exact) mass is 287 g/mol. The zero-order chi connectivity index (χ0) is 15.7. The number of urea groups is 1. The Morgan fingerprint density at radius 3 is 2.30 bits per heavy atom. The maximum absolute atomic E-state index is 11.8. The largest absolute Gasteiger partial charge is 0.481 e. The Labute approximate surface area is 119 Å². The van der Waals surface area contributed by atoms with E-state index < -0.39 is 11.9 Å². The van der Waals surface area contributed by atoms with Crippen LogP contribution in [-0.4, -0.2) is 47.0 Å². The molecule has 7 nitrogen and oxygen atoms in total. The van der Waals surface area contributed by atoms with E-state index in [-0.39, 0.29) is 24.5 Å². The molecule has 0 saturated heterocycles. The van der Waals surface area contributed by atoms with Gasteiger partial charge in [0.05, 0.1) is 5.92 Å². The molecule has 116 valence electrons. The van der Waals surface area contributed by atoms with Crippen molar-refractivity contribution in [2.24, 2.45) is 11.7 Å². The van der Waals surface area contributed by atoms with Crippen LogP contribution < -0.4 is 11.1 Å². The maximum atomic E-state index is 11.8. The van der Waals surface area contributed by atoms with Crippen LogP contribution in [0.25, 0.3) is 0 Å². The summed E-state index contributed by atoms with van der Waals surface area (Å²) in [4.78, 5) is 34.6. The number of amides is 3. The maximum Gasteiger partial charge on any atom is 0.318 e. The van der Waals surface area contributed by atoms with E-state index in [4.69, 9.17) is 10.8 Å². The van der Waals surface area contributed by atoms with Crippen LogP contribution in [-0.2, 0) is 9.59 Å². The van der Waals surface area contributed by atoms with Gasteiger partial charge in [-0.25, -0.2) is 4.79 Å². The zero-order valence-electron chi connectivity index (χ0n) is 12.4. The van der Waals surface area contributed by atoms with E-state index in [9.17, 15) is 14.4 Å². The van der Waals surface area contributed by atoms with E-state index in [1.165, 1.54) is 4.90 Å². The van der Waals surface area contributed by atoms with Crippen molar-refractivity contribution in [2.75, 3.05) is 13.1 Å². The van der Waals surface area contributed by atoms with Crippen molar-refractivity contribution in [3.05, 3.63) is 0 Å². The number of nitrogens with one attached hydrogen (secondary N) is 1. The highest BCUT2D eigenvalue weighted by Gasteiger charge is 2.16. The lowest BCUT2D eigenvalue weighted by Gasteiger charge is -2.22. The number of rotatable bonds is 9. The summed E-state index contributed by atoms with van der Waals surface area (Å²) in [5, 5.41) is 11.5. The molecule has 0 aliphatic carbocycles. The Balaban J connectivity index is 4.06. The number of aliphatic carboxylic acids is 1. The number of primary amides is 1. The smallest absolute Gasteiger partial charge is 0.318 e. The van der Waals surface area contributed by atoms with Crippen molar-refractivity contribution in [1.29, 1.82) is 0 Å². The van der Waals surface area contributed by atoms with Gasteiger partial charge >= 0.3 is 12.0 Å². The van der Waals surface area contributed by atoms with E-state index in [0.717, 1.165) is 6.42 Å². The molecule has 0 fully saturated rings. The molecular weight excluding hydrogens is 262 g/mol. The summed E-state index contributed by atoms with van der Waals surface area (Å²) in [6.45, 7) is 5.57. The minimum atomic E-state index is -0.805. The molecule has 2 unspecified atom stereocenters. The van der Waals surface area contributed by atoms with Crippen molar-refractivity contribution in [3.8, 4) is 0 Å². The number of likely N-dealkylation sites (N-methyl/N-ethyl adjacent to an activating group) is 1. The first-order valence-electron chi connectivity index (χ1n) is 6.84. The van der Waals surface area contributed by atoms with Gasteiger partial charge in [0.2, 0.25) is 5.91 Å². The third-order valence-electron chi connectivity index (χ3n) is 3.08. The minimum Gasteiger partial charge on any atom is -0.481 e. The second kappa shape index (κ2) is 9.17. The van der Waals surface area contributed by atoms with Gasteiger partial charge in [0, 0.05) is 12.6 Å². The molecule has 7 heteroatoms. The first-order valence-corrected chi connectivity index (χ1v) is 6.84. The SMILES string of the molecule is CCN(CC(N)=O)C(=O)NC(C)CCCC(C)C(=O)O. The zero-order valence-corrected chi connectivity index (χ0v) is 12.4. The third kappa shape index (κ3) is 7.60. The van der Waals surface area contributed by atoms with Gasteiger partial charge in [0.1, 0.15) is 6.54 Å². The molecule has 0 radical (unpaired) electrons. The van der Waals surface area contributed by atoms with Crippen LogP contribution in [0.2, 0.25) is 0 Å². The summed E-state index contributed by atoms with van der Waals surface area (Å²) in [6.07, 6.45) is 1.99. The Hall–Kier alpha value is -1.79. The summed E-state index contributed by atoms with van der Waals surface area (Å²) in [5.74, 6) is -1.73. The second-order valence-electron chi connectivity index (χ2n) is 5.00. The quantitative estimate of drug-likeness (QED) is 0.581. The van der Waals surface area contributed by atoms with Gasteiger partial charge in [0.25, 0.3) is 0 Å². The van der Waals surface area contributed by atoms with Crippen molar-refractivity contribution in [2.45, 2.75) is 46.1 Å². The second-order valence-corrected chi connectivity index (χ2v) is 5.00. The minimum absolute atomic E-state index is 0.0783. The Bertz CT molecular complexity index is 347. The standard InChI is InChI=1S/C13H25N3O4/c1-4-16(8-11(14)17)13(20)15-10(3)7-5-6-9(2)12(18)19/h9-10H,4-8H2,1-3H3,(H2,14,17)(H,15,20)(H,18,19). The average molecular weight is 287 g/mol. The number of nitrogens with two attached hydrogens (primary N) is 1. The van der Waals surface area contributed by atoms with Crippen LogP contribution in [0.5, 0.6) is 0 Å². The summed E-state index contributed by atoms with van der Waals surface area (Å²) in [7, 11) is 0. The molecule has 4 N–H and O–H groups in total. The van der Waals surface area contributed by atoms with E-state index in [2.05, 4.69) is 5.32 Å². The van der Waals surface area contributed by atoms with Crippen LogP contribution in [0.15, 0.2) is 0 Å². The highest BCUT2D eigenvalue weighted by atomic mass is 16.4. The Morgan fingerprint density at radius 2 is 1.85 bits per heavy atom. The predicted octanol–water partition coefficient (Wildman–Crippen LogP) is 0.783. The highest BCUT2D eigenvalue weighted by molar-refractivity contribution is 5.83. The molecule has 0 heterocycles. The first-order chi connectivity index (χ1) is 9.27. The fourth-order valence-corrected chi connectivity index (χ4v) is 1.74. The molecule has 0 aliphatic rings. The van der Waals surface area contributed by atoms with Crippen LogP contribution in [0.4, 0.5) is 4.79 Å². The first kappa shape index (κ1) is 18.2. The van der Waals surface area contributed by atoms with Gasteiger partial charge in [-0.1, -0.05) is 13.3 Å². The molecule has 0 aromatic heterocycles. The Morgan fingerprint density at radius 1 is 1.25 bits per heavy atom. The van der Waals surface area contributed by atoms with Gasteiger partial charge < -0.3 is 21.1 Å². The van der Waals surface area contributed by atoms with E-state index in [1.54, 1.807) is 13.8 Å². The van der Waals surface area contributed by atoms with Gasteiger partial charge in [-0.3, -0.25) is 9.59 Å². The van der Waals surface area contributed by atoms with Gasteiger partial charge in [-0.05, 0) is 26.7 Å². The molecule has 0 bridgehead atoms. The lowest BCUT2D eigenvalue weighted by atomic mass is 10.0. The highest BCUT2D eigenvalue weighted by Crippen LogP contribution is 2.09. The fraction of sp³-hybridized carbons (Fsp3) is 0.769. The molecule has 0 aromatic rings. The number of carboxylic acids is 1. The molecule has 3 amide bonds. The Kier molecular flexibility index (Phi) is 8.35. The number of carbonyl (C=O) groups is 3. The van der Waals surface area contributed by atoms with E-state index in [0.29, 0.717) is 19.4 Å². The van der Waals surface area contributed by atoms with Crippen molar-refractivity contribution < 1.29 is 19.5 Å². The fourth-order valence-electron chi connectivity index (χ4n) is 1.74. The summed E-state index contributed by atoms with van der Waals surface area (Å²) in [5.41, 5.74) is 5.06. The molecular formula is C13H25N3O4. The van der Waals surface area contributed by atoms with Gasteiger partial charge in [-0.15, -0.1) is 0 Å². The number of carboxylic acid groups (broad SMARTS) is 1. The average Bonchev–Trinajstić information content (AvgIpc) is 2.34. The summed E-state index contributed by atoms with van der Waals surface area (Å²) in [6, 6.07) is -0.407. The number of hydrogen-bond donors (Lipinski definition) is 3. The summed E-state index contributed by atoms with van der Waals surface area (Å²) >= 11 is 0. The van der Waals surface area contributed by atoms with Crippen LogP contribution in [0.1, 0.15) is 40.0 Å². The number of carbonyl (C=O) groups excluding carboxylic acids is 2. The van der Waals surface area contributed by atoms with E-state index in [1.807, 2.05) is 6.92 Å².